The fourth-order valence-corrected chi connectivity index (χ4v) is 6.89. The average molecular weight is 668 g/mol. The smallest absolute Gasteiger partial charge is 0.410 e. The van der Waals surface area contributed by atoms with Gasteiger partial charge in [-0.3, -0.25) is 4.98 Å². The number of nitriles is 1. The number of carbonyl (C=O) groups excluding carboxylic acids is 1. The lowest BCUT2D eigenvalue weighted by atomic mass is 9.94. The van der Waals surface area contributed by atoms with Gasteiger partial charge in [-0.2, -0.15) is 5.26 Å². The molecule has 2 aliphatic heterocycles. The number of pyridine rings is 2. The predicted molar refractivity (Wildman–Crippen MR) is 178 cm³/mol. The molecular formula is C33H37Cl2FN8O2. The molecule has 1 amide bonds. The Labute approximate surface area is 277 Å². The van der Waals surface area contributed by atoms with Crippen LogP contribution in [0.4, 0.5) is 15.0 Å². The third-order valence-electron chi connectivity index (χ3n) is 9.02. The van der Waals surface area contributed by atoms with E-state index in [1.165, 1.54) is 6.20 Å². The number of likely N-dealkylation sites (N-methyl/N-ethyl adjacent to an activating group) is 1. The van der Waals surface area contributed by atoms with E-state index in [1.54, 1.807) is 30.4 Å². The van der Waals surface area contributed by atoms with E-state index in [0.29, 0.717) is 63.8 Å². The number of hydrogen-bond acceptors (Lipinski definition) is 8. The number of hydrogen-bond donors (Lipinski definition) is 0. The number of ether oxygens (including phenoxy) is 1. The first-order valence-electron chi connectivity index (χ1n) is 15.4. The number of fused-ring (bicyclic) bond motifs is 3. The Morgan fingerprint density at radius 3 is 2.61 bits per heavy atom. The van der Waals surface area contributed by atoms with Crippen LogP contribution >= 0.6 is 23.2 Å². The van der Waals surface area contributed by atoms with Gasteiger partial charge in [-0.15, -0.1) is 0 Å². The van der Waals surface area contributed by atoms with E-state index in [2.05, 4.69) is 20.9 Å². The summed E-state index contributed by atoms with van der Waals surface area (Å²) in [7, 11) is 4.08. The minimum Gasteiger partial charge on any atom is -0.444 e. The maximum atomic E-state index is 16.8. The van der Waals surface area contributed by atoms with E-state index in [1.807, 2.05) is 39.4 Å². The zero-order valence-corrected chi connectivity index (χ0v) is 28.3. The highest BCUT2D eigenvalue weighted by atomic mass is 35.5. The molecule has 13 heteroatoms. The van der Waals surface area contributed by atoms with Crippen molar-refractivity contribution in [3.8, 4) is 17.2 Å². The fourth-order valence-electron chi connectivity index (χ4n) is 6.44. The number of aromatic nitrogens is 4. The molecule has 1 aromatic carbocycles. The largest absolute Gasteiger partial charge is 0.444 e. The number of rotatable bonds is 5. The first-order chi connectivity index (χ1) is 21.8. The topological polar surface area (TPSA) is 103 Å². The Balaban J connectivity index is 1.49. The normalized spacial score (nSPS) is 19.2. The van der Waals surface area contributed by atoms with Crippen molar-refractivity contribution in [2.45, 2.75) is 70.7 Å². The monoisotopic (exact) mass is 666 g/mol. The summed E-state index contributed by atoms with van der Waals surface area (Å²) in [5, 5.41) is 10.8. The number of imidazole rings is 1. The molecule has 2 atom stereocenters. The van der Waals surface area contributed by atoms with Crippen LogP contribution < -0.4 is 4.90 Å². The minimum absolute atomic E-state index is 0.118. The van der Waals surface area contributed by atoms with Gasteiger partial charge in [-0.1, -0.05) is 23.2 Å². The first-order valence-corrected chi connectivity index (χ1v) is 16.1. The van der Waals surface area contributed by atoms with Crippen molar-refractivity contribution in [3.05, 3.63) is 46.2 Å². The molecule has 0 saturated carbocycles. The summed E-state index contributed by atoms with van der Waals surface area (Å²) < 4.78 is 24.5. The lowest BCUT2D eigenvalue weighted by Crippen LogP contribution is -2.57. The van der Waals surface area contributed by atoms with Gasteiger partial charge in [0.1, 0.15) is 16.6 Å². The van der Waals surface area contributed by atoms with Crippen molar-refractivity contribution in [2.24, 2.45) is 0 Å². The predicted octanol–water partition coefficient (Wildman–Crippen LogP) is 7.01. The zero-order chi connectivity index (χ0) is 33.1. The molecule has 3 aromatic heterocycles. The number of anilines is 1. The number of nitrogens with zero attached hydrogens (tertiary/aromatic N) is 8. The minimum atomic E-state index is -0.654. The highest BCUT2D eigenvalue weighted by Gasteiger charge is 2.37. The second kappa shape index (κ2) is 12.1. The summed E-state index contributed by atoms with van der Waals surface area (Å²) in [6.07, 6.45) is 5.67. The maximum Gasteiger partial charge on any atom is 0.410 e. The van der Waals surface area contributed by atoms with E-state index in [9.17, 15) is 10.1 Å². The molecule has 46 heavy (non-hydrogen) atoms. The SMILES string of the molecule is Cc1c(Cl)cncc1-c1c(Cl)cc2c(nc(N3CC(N(C)C)C3)c3ncn([C@H]4CCN(C(=O)OC(C)(C)C)[C@H](CC#N)C4)c32)c1F. The molecule has 0 bridgehead atoms. The van der Waals surface area contributed by atoms with Crippen LogP contribution in [0.5, 0.6) is 0 Å². The molecule has 0 unspecified atom stereocenters. The second-order valence-corrected chi connectivity index (χ2v) is 14.2. The van der Waals surface area contributed by atoms with Crippen LogP contribution in [-0.4, -0.2) is 86.8 Å². The van der Waals surface area contributed by atoms with Crippen molar-refractivity contribution in [3.63, 3.8) is 0 Å². The lowest BCUT2D eigenvalue weighted by molar-refractivity contribution is 0.00618. The van der Waals surface area contributed by atoms with Gasteiger partial charge in [-0.05, 0) is 66.3 Å². The van der Waals surface area contributed by atoms with Crippen LogP contribution in [0.2, 0.25) is 10.0 Å². The van der Waals surface area contributed by atoms with Crippen molar-refractivity contribution >= 4 is 57.0 Å². The molecule has 0 spiro atoms. The van der Waals surface area contributed by atoms with Crippen LogP contribution in [0, 0.1) is 24.1 Å². The Kier molecular flexibility index (Phi) is 8.51. The Bertz CT molecular complexity index is 1880. The van der Waals surface area contributed by atoms with Crippen LogP contribution in [0.25, 0.3) is 33.1 Å². The molecule has 2 saturated heterocycles. The molecule has 2 aliphatic rings. The highest BCUT2D eigenvalue weighted by Crippen LogP contribution is 2.43. The standard InChI is InChI=1S/C33H37Cl2FN8O2/c1-18-23(13-38-14-25(18)35)26-24(34)12-22-28(27(26)36)40-31(42-15-21(16-42)41(5)6)29-30(22)44(17-39-29)20-8-10-43(19(11-20)7-9-37)32(45)46-33(2,3)4/h12-14,17,19-21H,7-8,10-11,15-16H2,1-6H3/t19-,20+/m1/s1. The quantitative estimate of drug-likeness (QED) is 0.224. The van der Waals surface area contributed by atoms with Gasteiger partial charge >= 0.3 is 6.09 Å². The van der Waals surface area contributed by atoms with Gasteiger partial charge in [0.15, 0.2) is 11.6 Å². The Morgan fingerprint density at radius 1 is 1.20 bits per heavy atom. The molecule has 0 radical (unpaired) electrons. The lowest BCUT2D eigenvalue weighted by Gasteiger charge is -2.43. The molecule has 6 rings (SSSR count). The zero-order valence-electron chi connectivity index (χ0n) is 26.8. The van der Waals surface area contributed by atoms with E-state index in [0.717, 1.165) is 13.1 Å². The van der Waals surface area contributed by atoms with Gasteiger partial charge in [-0.25, -0.2) is 19.2 Å². The number of amides is 1. The van der Waals surface area contributed by atoms with E-state index in [-0.39, 0.29) is 34.6 Å². The number of carbonyl (C=O) groups is 1. The van der Waals surface area contributed by atoms with Crippen molar-refractivity contribution < 1.29 is 13.9 Å². The van der Waals surface area contributed by atoms with E-state index < -0.39 is 17.5 Å². The highest BCUT2D eigenvalue weighted by molar-refractivity contribution is 6.35. The number of piperidine rings is 1. The summed E-state index contributed by atoms with van der Waals surface area (Å²) in [5.41, 5.74) is 2.25. The summed E-state index contributed by atoms with van der Waals surface area (Å²) in [6, 6.07) is 3.85. The molecule has 2 fully saturated rings. The van der Waals surface area contributed by atoms with Gasteiger partial charge in [0, 0.05) is 66.7 Å². The van der Waals surface area contributed by atoms with Crippen LogP contribution in [0.3, 0.4) is 0 Å². The number of halogens is 3. The molecule has 0 N–H and O–H groups in total. The van der Waals surface area contributed by atoms with Crippen molar-refractivity contribution in [1.82, 2.24) is 29.3 Å². The fraction of sp³-hybridized carbons (Fsp3) is 0.485. The van der Waals surface area contributed by atoms with E-state index >= 15 is 4.39 Å². The summed E-state index contributed by atoms with van der Waals surface area (Å²) in [6.45, 7) is 9.13. The van der Waals surface area contributed by atoms with Crippen molar-refractivity contribution in [1.29, 1.82) is 5.26 Å². The second-order valence-electron chi connectivity index (χ2n) is 13.4. The van der Waals surface area contributed by atoms with Gasteiger partial charge in [0.05, 0.1) is 34.4 Å². The molecule has 5 heterocycles. The third-order valence-corrected chi connectivity index (χ3v) is 9.70. The molecular weight excluding hydrogens is 630 g/mol. The summed E-state index contributed by atoms with van der Waals surface area (Å²) in [4.78, 5) is 32.9. The molecule has 10 nitrogen and oxygen atoms in total. The van der Waals surface area contributed by atoms with Gasteiger partial charge in [0.2, 0.25) is 0 Å². The van der Waals surface area contributed by atoms with Crippen LogP contribution in [0.15, 0.2) is 24.8 Å². The molecule has 0 aliphatic carbocycles. The Morgan fingerprint density at radius 2 is 1.93 bits per heavy atom. The van der Waals surface area contributed by atoms with Gasteiger partial charge in [0.25, 0.3) is 0 Å². The Hall–Kier alpha value is -3.72. The van der Waals surface area contributed by atoms with Crippen LogP contribution in [0.1, 0.15) is 51.6 Å². The average Bonchev–Trinajstić information content (AvgIpc) is 3.40. The first kappa shape index (κ1) is 32.2. The number of likely N-dealkylation sites (tertiary alicyclic amines) is 1. The third kappa shape index (κ3) is 5.72. The maximum absolute atomic E-state index is 16.8. The molecule has 4 aromatic rings. The van der Waals surface area contributed by atoms with E-state index in [4.69, 9.17) is 37.9 Å². The summed E-state index contributed by atoms with van der Waals surface area (Å²) >= 11 is 13.2. The van der Waals surface area contributed by atoms with Crippen molar-refractivity contribution in [2.75, 3.05) is 38.6 Å². The number of benzene rings is 1. The molecule has 242 valence electrons. The van der Waals surface area contributed by atoms with Gasteiger partial charge < -0.3 is 24.0 Å². The van der Waals surface area contributed by atoms with Crippen LogP contribution in [-0.2, 0) is 4.74 Å². The summed E-state index contributed by atoms with van der Waals surface area (Å²) in [5.74, 6) is 0.0459.